The van der Waals surface area contributed by atoms with Crippen molar-refractivity contribution < 1.29 is 14.3 Å². The van der Waals surface area contributed by atoms with Gasteiger partial charge < -0.3 is 26.0 Å². The minimum atomic E-state index is -0.893. The Morgan fingerprint density at radius 1 is 0.909 bits per heavy atom. The van der Waals surface area contributed by atoms with E-state index in [2.05, 4.69) is 30.4 Å². The summed E-state index contributed by atoms with van der Waals surface area (Å²) in [6, 6.07) is 13.9. The number of hydrogen-bond donors (Lipinski definition) is 2. The summed E-state index contributed by atoms with van der Waals surface area (Å²) in [5, 5.41) is 2.16. The highest BCUT2D eigenvalue weighted by Crippen LogP contribution is 2.21. The van der Waals surface area contributed by atoms with E-state index in [1.165, 1.54) is 0 Å². The first kappa shape index (κ1) is 21.4. The van der Waals surface area contributed by atoms with Gasteiger partial charge in [-0.3, -0.25) is 9.59 Å². The first-order chi connectivity index (χ1) is 15.9. The molecule has 3 aliphatic rings. The molecule has 0 bridgehead atoms. The van der Waals surface area contributed by atoms with Crippen LogP contribution in [0.4, 0.5) is 0 Å². The fourth-order valence-electron chi connectivity index (χ4n) is 4.51. The Morgan fingerprint density at radius 3 is 2.24 bits per heavy atom. The van der Waals surface area contributed by atoms with E-state index < -0.39 is 5.54 Å². The van der Waals surface area contributed by atoms with E-state index in [1.807, 2.05) is 30.3 Å². The minimum Gasteiger partial charge on any atom is -0.401 e. The fourth-order valence-corrected chi connectivity index (χ4v) is 4.51. The van der Waals surface area contributed by atoms with E-state index in [0.29, 0.717) is 31.7 Å². The number of allylic oxidation sites excluding steroid dienone is 1. The summed E-state index contributed by atoms with van der Waals surface area (Å²) in [6.07, 6.45) is 6.92. The lowest BCUT2D eigenvalue weighted by Crippen LogP contribution is -2.68. The van der Waals surface area contributed by atoms with Crippen LogP contribution in [0.25, 0.3) is 22.9 Å². The molecule has 33 heavy (non-hydrogen) atoms. The molecule has 2 heterocycles. The highest BCUT2D eigenvalue weighted by molar-refractivity contribution is 5.95. The summed E-state index contributed by atoms with van der Waals surface area (Å²) in [7, 11) is 0. The molecule has 0 radical (unpaired) electrons. The molecule has 0 atom stereocenters. The molecule has 1 aliphatic carbocycles. The summed E-state index contributed by atoms with van der Waals surface area (Å²) in [5.74, 6) is -0.107. The Labute approximate surface area is 192 Å². The number of carbonyl (C=O) groups is 2. The molecule has 170 valence electrons. The number of amides is 2. The van der Waals surface area contributed by atoms with E-state index in [0.717, 1.165) is 33.7 Å². The number of piperazine rings is 1. The predicted molar refractivity (Wildman–Crippen MR) is 127 cm³/mol. The lowest BCUT2D eigenvalue weighted by atomic mass is 9.96. The van der Waals surface area contributed by atoms with E-state index in [4.69, 9.17) is 16.2 Å². The zero-order valence-electron chi connectivity index (χ0n) is 18.5. The molecule has 2 aromatic carbocycles. The van der Waals surface area contributed by atoms with E-state index >= 15 is 0 Å². The van der Waals surface area contributed by atoms with Crippen molar-refractivity contribution in [2.75, 3.05) is 39.4 Å². The molecule has 2 saturated heterocycles. The van der Waals surface area contributed by atoms with Crippen LogP contribution >= 0.6 is 0 Å². The second-order valence-corrected chi connectivity index (χ2v) is 8.94. The third-order valence-corrected chi connectivity index (χ3v) is 6.61. The SMILES string of the molecule is NC1=c2ccc(-c3ccc(C(=O)N4CCN(C(=O)C5(N)COC5)CC4)cc3)cc2=CC=CC1. The molecule has 2 amide bonds. The van der Waals surface area contributed by atoms with Crippen molar-refractivity contribution in [1.82, 2.24) is 9.80 Å². The quantitative estimate of drug-likeness (QED) is 0.703. The summed E-state index contributed by atoms with van der Waals surface area (Å²) in [4.78, 5) is 29.1. The molecule has 5 rings (SSSR count). The van der Waals surface area contributed by atoms with E-state index in [1.54, 1.807) is 9.80 Å². The zero-order valence-corrected chi connectivity index (χ0v) is 18.5. The maximum absolute atomic E-state index is 13.0. The Bertz CT molecular complexity index is 1240. The number of fused-ring (bicyclic) bond motifs is 1. The van der Waals surface area contributed by atoms with Crippen molar-refractivity contribution in [2.24, 2.45) is 11.5 Å². The Balaban J connectivity index is 1.27. The highest BCUT2D eigenvalue weighted by atomic mass is 16.5. The Hall–Kier alpha value is -3.42. The molecule has 0 spiro atoms. The number of nitrogens with zero attached hydrogens (tertiary/aromatic N) is 2. The molecule has 2 aliphatic heterocycles. The molecule has 0 aromatic heterocycles. The van der Waals surface area contributed by atoms with Crippen LogP contribution in [0, 0.1) is 0 Å². The van der Waals surface area contributed by atoms with Gasteiger partial charge in [-0.05, 0) is 34.5 Å². The predicted octanol–water partition coefficient (Wildman–Crippen LogP) is 0.173. The molecular formula is C26H28N4O3. The van der Waals surface area contributed by atoms with Gasteiger partial charge in [0.05, 0.1) is 13.2 Å². The average Bonchev–Trinajstić information content (AvgIpc) is 3.02. The maximum atomic E-state index is 13.0. The van der Waals surface area contributed by atoms with Crippen molar-refractivity contribution in [1.29, 1.82) is 0 Å². The maximum Gasteiger partial charge on any atom is 0.253 e. The third kappa shape index (κ3) is 4.05. The van der Waals surface area contributed by atoms with Gasteiger partial charge in [0, 0.05) is 49.1 Å². The Kier molecular flexibility index (Phi) is 5.52. The van der Waals surface area contributed by atoms with E-state index in [9.17, 15) is 9.59 Å². The van der Waals surface area contributed by atoms with Crippen molar-refractivity contribution in [2.45, 2.75) is 12.0 Å². The molecule has 4 N–H and O–H groups in total. The van der Waals surface area contributed by atoms with Crippen LogP contribution in [0.2, 0.25) is 0 Å². The van der Waals surface area contributed by atoms with Crippen molar-refractivity contribution in [3.63, 3.8) is 0 Å². The van der Waals surface area contributed by atoms with Gasteiger partial charge in [0.25, 0.3) is 5.91 Å². The third-order valence-electron chi connectivity index (χ3n) is 6.61. The first-order valence-corrected chi connectivity index (χ1v) is 11.3. The number of rotatable bonds is 3. The molecule has 2 aromatic rings. The standard InChI is InChI=1S/C26H28N4O3/c27-23-4-2-1-3-21-15-20(9-10-22(21)23)18-5-7-19(8-6-18)24(31)29-11-13-30(14-12-29)25(32)26(28)16-33-17-26/h1-3,5-10,15H,4,11-14,16-17,27-28H2. The number of nitrogens with two attached hydrogens (primary N) is 2. The smallest absolute Gasteiger partial charge is 0.253 e. The van der Waals surface area contributed by atoms with Gasteiger partial charge in [0.1, 0.15) is 5.54 Å². The van der Waals surface area contributed by atoms with Gasteiger partial charge in [-0.15, -0.1) is 0 Å². The molecule has 0 saturated carbocycles. The lowest BCUT2D eigenvalue weighted by Gasteiger charge is -2.43. The molecule has 0 unspecified atom stereocenters. The summed E-state index contributed by atoms with van der Waals surface area (Å²) in [5.41, 5.74) is 15.0. The number of carbonyl (C=O) groups excluding carboxylic acids is 2. The van der Waals surface area contributed by atoms with Crippen LogP contribution in [-0.2, 0) is 9.53 Å². The first-order valence-electron chi connectivity index (χ1n) is 11.3. The second-order valence-electron chi connectivity index (χ2n) is 8.94. The minimum absolute atomic E-state index is 0.0224. The lowest BCUT2D eigenvalue weighted by molar-refractivity contribution is -0.155. The van der Waals surface area contributed by atoms with Crippen molar-refractivity contribution in [3.05, 3.63) is 70.6 Å². The monoisotopic (exact) mass is 444 g/mol. The van der Waals surface area contributed by atoms with Gasteiger partial charge in [-0.1, -0.05) is 42.5 Å². The molecule has 7 heteroatoms. The summed E-state index contributed by atoms with van der Waals surface area (Å²) in [6.45, 7) is 2.50. The number of benzene rings is 2. The summed E-state index contributed by atoms with van der Waals surface area (Å²) >= 11 is 0. The van der Waals surface area contributed by atoms with Gasteiger partial charge in [0.15, 0.2) is 0 Å². The van der Waals surface area contributed by atoms with Gasteiger partial charge in [0.2, 0.25) is 5.91 Å². The average molecular weight is 445 g/mol. The molecule has 7 nitrogen and oxygen atoms in total. The van der Waals surface area contributed by atoms with Crippen molar-refractivity contribution in [3.8, 4) is 11.1 Å². The van der Waals surface area contributed by atoms with Crippen LogP contribution in [0.15, 0.2) is 54.6 Å². The molecular weight excluding hydrogens is 416 g/mol. The summed E-state index contributed by atoms with van der Waals surface area (Å²) < 4.78 is 5.10. The van der Waals surface area contributed by atoms with E-state index in [-0.39, 0.29) is 25.0 Å². The number of hydrogen-bond acceptors (Lipinski definition) is 5. The van der Waals surface area contributed by atoms with Crippen LogP contribution in [0.5, 0.6) is 0 Å². The van der Waals surface area contributed by atoms with Crippen LogP contribution < -0.4 is 21.9 Å². The van der Waals surface area contributed by atoms with Crippen LogP contribution in [-0.4, -0.2) is 66.5 Å². The van der Waals surface area contributed by atoms with Crippen LogP contribution in [0.1, 0.15) is 16.8 Å². The molecule has 2 fully saturated rings. The van der Waals surface area contributed by atoms with Gasteiger partial charge >= 0.3 is 0 Å². The normalized spacial score (nSPS) is 19.2. The number of ether oxygens (including phenoxy) is 1. The Morgan fingerprint density at radius 2 is 1.58 bits per heavy atom. The topological polar surface area (TPSA) is 102 Å². The van der Waals surface area contributed by atoms with Gasteiger partial charge in [-0.2, -0.15) is 0 Å². The second kappa shape index (κ2) is 8.50. The fraction of sp³-hybridized carbons (Fsp3) is 0.308. The van der Waals surface area contributed by atoms with Crippen molar-refractivity contribution >= 4 is 23.6 Å². The van der Waals surface area contributed by atoms with Crippen LogP contribution in [0.3, 0.4) is 0 Å². The van der Waals surface area contributed by atoms with Gasteiger partial charge in [-0.25, -0.2) is 0 Å². The highest BCUT2D eigenvalue weighted by Gasteiger charge is 2.45. The zero-order chi connectivity index (χ0) is 23.0. The largest absolute Gasteiger partial charge is 0.401 e.